The van der Waals surface area contributed by atoms with E-state index in [9.17, 15) is 9.59 Å². The van der Waals surface area contributed by atoms with Crippen LogP contribution in [0.1, 0.15) is 335 Å². The number of nitrogen functional groups attached to an aromatic ring is 8. The third-order valence-electron chi connectivity index (χ3n) is 18.3. The highest BCUT2D eigenvalue weighted by Gasteiger charge is 2.13. The molecule has 0 spiro atoms. The Morgan fingerprint density at radius 1 is 0.297 bits per heavy atom. The number of nitrogens with one attached hydrogen (secondary N) is 4. The Morgan fingerprint density at radius 2 is 0.568 bits per heavy atom. The van der Waals surface area contributed by atoms with E-state index in [0.29, 0.717) is 42.0 Å². The van der Waals surface area contributed by atoms with Crippen molar-refractivity contribution in [3.63, 3.8) is 0 Å². The molecule has 0 radical (unpaired) electrons. The molecule has 0 aliphatic rings. The lowest BCUT2D eigenvalue weighted by atomic mass is 10.1. The Balaban J connectivity index is 0.000000370. The van der Waals surface area contributed by atoms with E-state index in [-0.39, 0.29) is 71.3 Å². The van der Waals surface area contributed by atoms with Crippen molar-refractivity contribution in [2.75, 3.05) is 80.2 Å². The van der Waals surface area contributed by atoms with Crippen LogP contribution in [0.15, 0.2) is 42.7 Å². The third-order valence-corrected chi connectivity index (χ3v) is 18.3. The molecule has 34 heteroatoms. The summed E-state index contributed by atoms with van der Waals surface area (Å²) in [6, 6.07) is 9.47. The van der Waals surface area contributed by atoms with Gasteiger partial charge in [0, 0.05) is 90.0 Å². The fourth-order valence-corrected chi connectivity index (χ4v) is 12.1. The molecule has 20 N–H and O–H groups in total. The summed E-state index contributed by atoms with van der Waals surface area (Å²) in [5, 5.41) is 11.7. The highest BCUT2D eigenvalue weighted by Crippen LogP contribution is 2.19. The Labute approximate surface area is 702 Å². The molecule has 118 heavy (non-hydrogen) atoms. The van der Waals surface area contributed by atoms with Crippen LogP contribution < -0.4 is 67.1 Å². The number of nitrogens with zero attached hydrogens (tertiary/aromatic N) is 20. The topological polar surface area (TPSA) is 540 Å². The third kappa shape index (κ3) is 51.5. The first-order valence-corrected chi connectivity index (χ1v) is 43.8. The van der Waals surface area contributed by atoms with Crippen LogP contribution in [0, 0.1) is 0 Å². The molecule has 2 amide bonds. The minimum Gasteiger partial charge on any atom is -0.368 e. The molecule has 34 nitrogen and oxygen atoms in total. The van der Waals surface area contributed by atoms with Gasteiger partial charge in [-0.1, -0.05) is 271 Å². The van der Waals surface area contributed by atoms with Gasteiger partial charge in [0.15, 0.2) is 5.82 Å². The van der Waals surface area contributed by atoms with Crippen LogP contribution in [0.2, 0.25) is 0 Å². The number of aromatic nitrogens is 20. The minimum absolute atomic E-state index is 0.136. The van der Waals surface area contributed by atoms with E-state index in [2.05, 4.69) is 169 Å². The summed E-state index contributed by atoms with van der Waals surface area (Å²) in [4.78, 5) is 100. The predicted octanol–water partition coefficient (Wildman–Crippen LogP) is 16.0. The van der Waals surface area contributed by atoms with Crippen molar-refractivity contribution in [3.05, 3.63) is 77.7 Å². The second-order valence-electron chi connectivity index (χ2n) is 29.3. The zero-order valence-corrected chi connectivity index (χ0v) is 72.9. The first-order chi connectivity index (χ1) is 57.2. The summed E-state index contributed by atoms with van der Waals surface area (Å²) in [6.45, 7) is 20.9. The van der Waals surface area contributed by atoms with E-state index >= 15 is 0 Å². The van der Waals surface area contributed by atoms with E-state index in [1.165, 1.54) is 206 Å². The molecule has 0 bridgehead atoms. The molecular formula is C84H146N32O2. The largest absolute Gasteiger partial charge is 0.368 e. The molecule has 0 saturated carbocycles. The number of anilines is 12. The molecular weight excluding hydrogens is 1490 g/mol. The molecule has 0 unspecified atom stereocenters. The number of aryl methyl sites for hydroxylation is 7. The summed E-state index contributed by atoms with van der Waals surface area (Å²) in [6.07, 6.45) is 55.5. The number of rotatable bonds is 52. The lowest BCUT2D eigenvalue weighted by Crippen LogP contribution is -2.16. The molecule has 7 aromatic heterocycles. The molecule has 0 aliphatic carbocycles. The fraction of sp³-hybridized carbons (Fsp3) is 0.655. The molecule has 654 valence electrons. The molecule has 1 aromatic carbocycles. The number of imidazole rings is 1. The number of carbonyl (C=O) groups excluding carboxylic acids is 2. The smallest absolute Gasteiger partial charge is 0.234 e. The quantitative estimate of drug-likeness (QED) is 0.0158. The van der Waals surface area contributed by atoms with E-state index in [1.807, 2.05) is 42.7 Å². The zero-order chi connectivity index (χ0) is 86.0. The number of benzene rings is 1. The average Bonchev–Trinajstić information content (AvgIpc) is 0.918. The van der Waals surface area contributed by atoms with E-state index in [4.69, 9.17) is 45.9 Å². The van der Waals surface area contributed by atoms with Gasteiger partial charge in [0.05, 0.1) is 0 Å². The monoisotopic (exact) mass is 1640 g/mol. The molecule has 8 aromatic rings. The number of unbranched alkanes of at least 4 members (excludes halogenated alkanes) is 30. The molecule has 0 saturated heterocycles. The second-order valence-corrected chi connectivity index (χ2v) is 29.3. The van der Waals surface area contributed by atoms with Crippen molar-refractivity contribution in [1.29, 1.82) is 0 Å². The molecule has 8 rings (SSSR count). The van der Waals surface area contributed by atoms with Crippen molar-refractivity contribution >= 4 is 83.2 Å². The summed E-state index contributed by atoms with van der Waals surface area (Å²) in [5.41, 5.74) is 45.0. The maximum Gasteiger partial charge on any atom is 0.234 e. The maximum absolute atomic E-state index is 11.1. The van der Waals surface area contributed by atoms with Crippen molar-refractivity contribution < 1.29 is 9.59 Å². The average molecular weight is 1640 g/mol. The Morgan fingerprint density at radius 3 is 0.890 bits per heavy atom. The van der Waals surface area contributed by atoms with E-state index in [0.717, 1.165) is 119 Å². The van der Waals surface area contributed by atoms with Gasteiger partial charge < -0.3 is 61.1 Å². The second kappa shape index (κ2) is 65.5. The van der Waals surface area contributed by atoms with Crippen LogP contribution in [0.5, 0.6) is 0 Å². The van der Waals surface area contributed by atoms with Crippen molar-refractivity contribution in [2.45, 2.75) is 345 Å². The van der Waals surface area contributed by atoms with Crippen LogP contribution in [-0.4, -0.2) is 124 Å². The number of nitrogens with two attached hydrogens (primary N) is 8. The lowest BCUT2D eigenvalue weighted by Gasteiger charge is -2.10. The Bertz CT molecular complexity index is 3760. The zero-order valence-electron chi connectivity index (χ0n) is 72.9. The number of hydrogen-bond acceptors (Lipinski definition) is 31. The van der Waals surface area contributed by atoms with Crippen LogP contribution in [0.3, 0.4) is 0 Å². The maximum atomic E-state index is 11.1. The van der Waals surface area contributed by atoms with E-state index in [1.54, 1.807) is 0 Å². The fourth-order valence-electron chi connectivity index (χ4n) is 12.1. The number of amides is 2. The number of hydrogen-bond donors (Lipinski definition) is 12. The van der Waals surface area contributed by atoms with Crippen molar-refractivity contribution in [2.24, 2.45) is 0 Å². The van der Waals surface area contributed by atoms with Gasteiger partial charge in [0.1, 0.15) is 34.9 Å². The van der Waals surface area contributed by atoms with E-state index < -0.39 is 0 Å². The lowest BCUT2D eigenvalue weighted by molar-refractivity contribution is -0.115. The molecule has 0 atom stereocenters. The summed E-state index contributed by atoms with van der Waals surface area (Å²) >= 11 is 0. The minimum atomic E-state index is -0.260. The van der Waals surface area contributed by atoms with Crippen molar-refractivity contribution in [3.8, 4) is 11.4 Å². The van der Waals surface area contributed by atoms with Gasteiger partial charge in [-0.25, -0.2) is 4.98 Å². The first-order valence-electron chi connectivity index (χ1n) is 43.8. The van der Waals surface area contributed by atoms with Crippen LogP contribution in [-0.2, 0) is 54.7 Å². The Kier molecular flexibility index (Phi) is 56.4. The Hall–Kier alpha value is -10.6. The normalized spacial score (nSPS) is 10.6. The SMILES string of the molecule is CCCCCCCCCCCc1nc(N)nc(N)n1.CCCCCCCCCCCc1nccn1CCc1nc(N)nc(N)n1.CCCCCCCc1nc(N)nc(N)n1.CCCCCCCc1nc(NC(C)=O)nc(NC(C)=O)n1.CCCCCCCc1nc(NCCCC)nc(NCCCC)n1.Nc1nc(N)nc(-c2ccccc2)n1. The number of carbonyl (C=O) groups is 2. The van der Waals surface area contributed by atoms with Gasteiger partial charge >= 0.3 is 0 Å². The van der Waals surface area contributed by atoms with Crippen LogP contribution in [0.25, 0.3) is 11.4 Å². The summed E-state index contributed by atoms with van der Waals surface area (Å²) < 4.78 is 2.17. The van der Waals surface area contributed by atoms with Gasteiger partial charge in [-0.2, -0.15) is 89.7 Å². The molecule has 7 heterocycles. The molecule has 0 fully saturated rings. The summed E-state index contributed by atoms with van der Waals surface area (Å²) in [7, 11) is 0. The van der Waals surface area contributed by atoms with Crippen molar-refractivity contribution in [1.82, 2.24) is 99.3 Å². The highest BCUT2D eigenvalue weighted by molar-refractivity contribution is 5.88. The standard InChI is InChI=1S/C19H33N7.C18H35N5.C14H23N5O2.C14H27N5.C10H19N5.C9H9N5/c1-2-3-4-5-6-7-8-9-10-11-17-22-13-15-26(17)14-12-16-23-18(20)25-19(21)24-16;1-4-7-10-11-12-13-16-21-17(19-14-8-5-2)23-18(22-16)20-15-9-6-3;1-4-5-6-7-8-9-12-17-13(15-10(2)20)19-14(18-12)16-11(3)21;1-2-3-4-5-6-7-8-9-10-11-12-17-13(15)19-14(16)18-12;1-2-3-4-5-6-7-8-13-9(11)15-10(12)14-8;10-8-12-7(13-9(11)14-8)6-4-2-1-3-5-6/h13,15H,2-12,14H2,1H3,(H4,20,21,23,24,25);4-15H2,1-3H3,(H2,19,20,21,22,23);4-9H2,1-3H3,(H2,15,16,17,18,19,20,21);2-11H2,1H3,(H4,15,16,17,18,19);2-7H2,1H3,(H4,11,12,13,14,15);1-5H,(H4,10,11,12,13,14). The van der Waals surface area contributed by atoms with Gasteiger partial charge in [0.25, 0.3) is 0 Å². The van der Waals surface area contributed by atoms with Gasteiger partial charge in [0.2, 0.25) is 83.2 Å². The highest BCUT2D eigenvalue weighted by atomic mass is 16.2. The molecule has 0 aliphatic heterocycles. The van der Waals surface area contributed by atoms with Gasteiger partial charge in [-0.05, 0) is 44.9 Å². The van der Waals surface area contributed by atoms with Gasteiger partial charge in [-0.15, -0.1) is 0 Å². The predicted molar refractivity (Wildman–Crippen MR) is 480 cm³/mol. The van der Waals surface area contributed by atoms with Crippen LogP contribution in [0.4, 0.5) is 71.4 Å². The van der Waals surface area contributed by atoms with Crippen LogP contribution >= 0.6 is 0 Å². The van der Waals surface area contributed by atoms with Gasteiger partial charge in [-0.3, -0.25) is 20.2 Å². The summed E-state index contributed by atoms with van der Waals surface area (Å²) in [5.74, 6) is 7.90. The first kappa shape index (κ1) is 102.